The molecule has 0 fully saturated rings. The highest BCUT2D eigenvalue weighted by Crippen LogP contribution is 2.40. The van der Waals surface area contributed by atoms with Crippen LogP contribution in [0, 0.1) is 5.82 Å². The van der Waals surface area contributed by atoms with Crippen LogP contribution in [0.15, 0.2) is 30.3 Å². The number of hydrogen-bond acceptors (Lipinski definition) is 2. The van der Waals surface area contributed by atoms with Gasteiger partial charge in [-0.3, -0.25) is 0 Å². The number of methoxy groups -OCH3 is 2. The second-order valence-corrected chi connectivity index (χ2v) is 5.14. The Morgan fingerprint density at radius 2 is 1.76 bits per heavy atom. The Morgan fingerprint density at radius 1 is 1.10 bits per heavy atom. The summed E-state index contributed by atoms with van der Waals surface area (Å²) >= 11 is 6.40. The molecule has 1 aromatic carbocycles. The standard InChI is InChI=1S/C16H14ClFNO2/c1-19-12-6-4-5-11(18)15(12)9-7-13(20-2)14(21-3)8-10(17)16(9)19/h4-8H,1-3H3/q+1. The number of benzene rings is 1. The zero-order valence-corrected chi connectivity index (χ0v) is 12.7. The Bertz CT molecular complexity index is 819. The lowest BCUT2D eigenvalue weighted by Crippen LogP contribution is -2.28. The smallest absolute Gasteiger partial charge is 0.232 e. The number of halogens is 2. The number of rotatable bonds is 2. The molecule has 108 valence electrons. The Labute approximate surface area is 126 Å². The molecule has 5 heteroatoms. The van der Waals surface area contributed by atoms with Crippen LogP contribution < -0.4 is 14.0 Å². The number of fused-ring (bicyclic) bond motifs is 3. The first-order valence-corrected chi connectivity index (χ1v) is 6.77. The Hall–Kier alpha value is -2.07. The fraction of sp³-hybridized carbons (Fsp3) is 0.188. The Morgan fingerprint density at radius 3 is 2.43 bits per heavy atom. The molecular formula is C16H14ClFNO2+. The van der Waals surface area contributed by atoms with E-state index in [1.54, 1.807) is 25.3 Å². The van der Waals surface area contributed by atoms with E-state index in [4.69, 9.17) is 21.1 Å². The van der Waals surface area contributed by atoms with E-state index >= 15 is 0 Å². The molecule has 0 N–H and O–H groups in total. The summed E-state index contributed by atoms with van der Waals surface area (Å²) in [6.07, 6.45) is 0. The van der Waals surface area contributed by atoms with Gasteiger partial charge in [0, 0.05) is 12.1 Å². The van der Waals surface area contributed by atoms with Crippen molar-refractivity contribution in [3.05, 3.63) is 41.2 Å². The first-order valence-electron chi connectivity index (χ1n) is 6.40. The maximum Gasteiger partial charge on any atom is 0.232 e. The molecule has 0 atom stereocenters. The summed E-state index contributed by atoms with van der Waals surface area (Å²) in [5.74, 6) is 0.717. The van der Waals surface area contributed by atoms with Gasteiger partial charge in [0.15, 0.2) is 11.5 Å². The molecule has 1 aliphatic heterocycles. The van der Waals surface area contributed by atoms with Gasteiger partial charge in [0.2, 0.25) is 11.2 Å². The van der Waals surface area contributed by atoms with Crippen molar-refractivity contribution >= 4 is 22.5 Å². The molecule has 3 rings (SSSR count). The minimum Gasteiger partial charge on any atom is -0.493 e. The summed E-state index contributed by atoms with van der Waals surface area (Å²) in [5, 5.41) is 0.997. The van der Waals surface area contributed by atoms with E-state index in [1.165, 1.54) is 13.2 Å². The van der Waals surface area contributed by atoms with Crippen LogP contribution in [-0.4, -0.2) is 14.2 Å². The lowest BCUT2D eigenvalue weighted by Gasteiger charge is -2.02. The molecule has 1 aromatic rings. The van der Waals surface area contributed by atoms with Crippen molar-refractivity contribution in [2.75, 3.05) is 14.2 Å². The van der Waals surface area contributed by atoms with Gasteiger partial charge in [-0.25, -0.2) is 4.39 Å². The van der Waals surface area contributed by atoms with Gasteiger partial charge in [0.1, 0.15) is 17.9 Å². The second kappa shape index (κ2) is 5.04. The van der Waals surface area contributed by atoms with Gasteiger partial charge in [0.05, 0.1) is 25.2 Å². The third kappa shape index (κ3) is 1.98. The second-order valence-electron chi connectivity index (χ2n) is 4.73. The molecule has 0 radical (unpaired) electrons. The zero-order valence-electron chi connectivity index (χ0n) is 11.9. The molecule has 1 heterocycles. The Kier molecular flexibility index (Phi) is 3.33. The topological polar surface area (TPSA) is 22.3 Å². The molecule has 0 spiro atoms. The van der Waals surface area contributed by atoms with Crippen molar-refractivity contribution in [3.8, 4) is 22.8 Å². The molecule has 0 saturated heterocycles. The van der Waals surface area contributed by atoms with Gasteiger partial charge in [-0.05, 0) is 12.1 Å². The van der Waals surface area contributed by atoms with Gasteiger partial charge < -0.3 is 9.47 Å². The van der Waals surface area contributed by atoms with Crippen LogP contribution in [0.5, 0.6) is 11.5 Å². The largest absolute Gasteiger partial charge is 0.493 e. The quantitative estimate of drug-likeness (QED) is 0.675. The molecule has 0 amide bonds. The van der Waals surface area contributed by atoms with Crippen molar-refractivity contribution in [1.82, 2.24) is 0 Å². The average Bonchev–Trinajstić information content (AvgIpc) is 2.67. The van der Waals surface area contributed by atoms with Crippen LogP contribution >= 0.6 is 11.6 Å². The van der Waals surface area contributed by atoms with E-state index in [0.717, 1.165) is 11.2 Å². The number of aromatic nitrogens is 1. The average molecular weight is 307 g/mol. The summed E-state index contributed by atoms with van der Waals surface area (Å²) in [6, 6.07) is 8.41. The molecule has 0 unspecified atom stereocenters. The number of hydrogen-bond donors (Lipinski definition) is 0. The number of aryl methyl sites for hydroxylation is 1. The molecule has 0 aromatic heterocycles. The van der Waals surface area contributed by atoms with E-state index in [9.17, 15) is 4.39 Å². The highest BCUT2D eigenvalue weighted by molar-refractivity contribution is 6.33. The van der Waals surface area contributed by atoms with Crippen molar-refractivity contribution < 1.29 is 18.4 Å². The maximum atomic E-state index is 14.3. The van der Waals surface area contributed by atoms with Crippen LogP contribution in [0.4, 0.5) is 4.39 Å². The SMILES string of the molecule is COc1cc(Cl)c2[n+](C)c3cccc(F)c3c-2cc1OC. The van der Waals surface area contributed by atoms with E-state index in [2.05, 4.69) is 0 Å². The van der Waals surface area contributed by atoms with Gasteiger partial charge in [-0.2, -0.15) is 4.57 Å². The summed E-state index contributed by atoms with van der Waals surface area (Å²) in [5.41, 5.74) is 2.20. The van der Waals surface area contributed by atoms with Gasteiger partial charge in [-0.1, -0.05) is 17.7 Å². The minimum absolute atomic E-state index is 0.290. The van der Waals surface area contributed by atoms with Crippen molar-refractivity contribution in [2.24, 2.45) is 7.05 Å². The monoisotopic (exact) mass is 306 g/mol. The molecule has 0 bridgehead atoms. The van der Waals surface area contributed by atoms with E-state index in [-0.39, 0.29) is 5.82 Å². The normalized spacial score (nSPS) is 11.1. The summed E-state index contributed by atoms with van der Waals surface area (Å²) in [4.78, 5) is 0. The molecular weight excluding hydrogens is 293 g/mol. The molecule has 3 nitrogen and oxygen atoms in total. The first-order chi connectivity index (χ1) is 10.1. The molecule has 21 heavy (non-hydrogen) atoms. The van der Waals surface area contributed by atoms with E-state index in [0.29, 0.717) is 27.5 Å². The lowest BCUT2D eigenvalue weighted by atomic mass is 10.1. The molecule has 0 saturated carbocycles. The van der Waals surface area contributed by atoms with Crippen LogP contribution in [0.1, 0.15) is 0 Å². The summed E-state index contributed by atoms with van der Waals surface area (Å²) in [6.45, 7) is 0. The summed E-state index contributed by atoms with van der Waals surface area (Å²) in [7, 11) is 4.94. The third-order valence-electron chi connectivity index (χ3n) is 3.65. The van der Waals surface area contributed by atoms with Gasteiger partial charge in [0.25, 0.3) is 0 Å². The van der Waals surface area contributed by atoms with Crippen LogP contribution in [-0.2, 0) is 7.05 Å². The molecule has 1 aliphatic carbocycles. The van der Waals surface area contributed by atoms with E-state index < -0.39 is 0 Å². The molecule has 2 aliphatic rings. The third-order valence-corrected chi connectivity index (χ3v) is 3.94. The Balaban J connectivity index is 2.55. The van der Waals surface area contributed by atoms with Gasteiger partial charge in [-0.15, -0.1) is 0 Å². The zero-order chi connectivity index (χ0) is 15.1. The van der Waals surface area contributed by atoms with Crippen molar-refractivity contribution in [2.45, 2.75) is 0 Å². The van der Waals surface area contributed by atoms with Crippen LogP contribution in [0.3, 0.4) is 0 Å². The number of ether oxygens (including phenoxy) is 2. The van der Waals surface area contributed by atoms with E-state index in [1.807, 2.05) is 17.7 Å². The fourth-order valence-corrected chi connectivity index (χ4v) is 3.01. The lowest BCUT2D eigenvalue weighted by molar-refractivity contribution is -0.631. The van der Waals surface area contributed by atoms with Crippen LogP contribution in [0.25, 0.3) is 22.2 Å². The fourth-order valence-electron chi connectivity index (χ4n) is 2.68. The maximum absolute atomic E-state index is 14.3. The highest BCUT2D eigenvalue weighted by Gasteiger charge is 2.29. The van der Waals surface area contributed by atoms with Crippen molar-refractivity contribution in [1.29, 1.82) is 0 Å². The van der Waals surface area contributed by atoms with Gasteiger partial charge >= 0.3 is 0 Å². The first kappa shape index (κ1) is 13.9. The highest BCUT2D eigenvalue weighted by atomic mass is 35.5. The van der Waals surface area contributed by atoms with Crippen LogP contribution in [0.2, 0.25) is 5.02 Å². The predicted molar refractivity (Wildman–Crippen MR) is 79.8 cm³/mol. The predicted octanol–water partition coefficient (Wildman–Crippen LogP) is 3.58. The van der Waals surface area contributed by atoms with Crippen molar-refractivity contribution in [3.63, 3.8) is 0 Å². The summed E-state index contributed by atoms with van der Waals surface area (Å²) < 4.78 is 26.8. The number of nitrogens with zero attached hydrogens (tertiary/aromatic N) is 1. The minimum atomic E-state index is -0.290.